The molecule has 156 valence electrons. The Morgan fingerprint density at radius 2 is 1.74 bits per heavy atom. The maximum atomic E-state index is 13.1. The first-order chi connectivity index (χ1) is 15.2. The molecule has 31 heavy (non-hydrogen) atoms. The molecule has 0 saturated heterocycles. The molecule has 2 aromatic heterocycles. The number of carbonyl (C=O) groups is 1. The summed E-state index contributed by atoms with van der Waals surface area (Å²) < 4.78 is 4.20. The Hall–Kier alpha value is -3.80. The highest BCUT2D eigenvalue weighted by atomic mass is 16.2. The van der Waals surface area contributed by atoms with Crippen LogP contribution in [0.25, 0.3) is 11.5 Å². The van der Waals surface area contributed by atoms with Crippen LogP contribution in [0.4, 0.5) is 4.79 Å². The lowest BCUT2D eigenvalue weighted by Crippen LogP contribution is -2.40. The van der Waals surface area contributed by atoms with Crippen molar-refractivity contribution in [3.8, 4) is 11.5 Å². The second-order valence-corrected chi connectivity index (χ2v) is 7.65. The predicted molar refractivity (Wildman–Crippen MR) is 121 cm³/mol. The summed E-state index contributed by atoms with van der Waals surface area (Å²) in [6.07, 6.45) is 2.86. The average molecular weight is 412 g/mol. The van der Waals surface area contributed by atoms with Crippen LogP contribution in [0.5, 0.6) is 0 Å². The molecule has 6 heteroatoms. The number of amides is 2. The number of aromatic nitrogens is 3. The first-order valence-electron chi connectivity index (χ1n) is 10.6. The minimum Gasteiger partial charge on any atom is -0.341 e. The first-order valence-corrected chi connectivity index (χ1v) is 10.6. The van der Waals surface area contributed by atoms with Crippen LogP contribution in [-0.2, 0) is 13.0 Å². The van der Waals surface area contributed by atoms with Crippen molar-refractivity contribution in [3.05, 3.63) is 102 Å². The van der Waals surface area contributed by atoms with Gasteiger partial charge in [-0.3, -0.25) is 0 Å². The Morgan fingerprint density at radius 3 is 2.42 bits per heavy atom. The SMILES string of the molecule is CCc1nn(-c2ccccc2)c2c1CN(C(=O)NC)[C@@H](c1ccccc1)c1cccn1-2. The molecule has 0 saturated carbocycles. The zero-order chi connectivity index (χ0) is 21.4. The number of benzene rings is 2. The smallest absolute Gasteiger partial charge is 0.318 e. The largest absolute Gasteiger partial charge is 0.341 e. The number of urea groups is 1. The molecule has 4 aromatic rings. The van der Waals surface area contributed by atoms with Crippen LogP contribution < -0.4 is 5.32 Å². The Bertz CT molecular complexity index is 1210. The quantitative estimate of drug-likeness (QED) is 0.541. The van der Waals surface area contributed by atoms with E-state index in [1.807, 2.05) is 52.0 Å². The van der Waals surface area contributed by atoms with Gasteiger partial charge in [-0.1, -0.05) is 55.5 Å². The van der Waals surface area contributed by atoms with Gasteiger partial charge >= 0.3 is 6.03 Å². The fourth-order valence-electron chi connectivity index (χ4n) is 4.48. The van der Waals surface area contributed by atoms with Crippen LogP contribution in [0, 0.1) is 0 Å². The van der Waals surface area contributed by atoms with Crippen molar-refractivity contribution in [2.75, 3.05) is 7.05 Å². The number of fused-ring (bicyclic) bond motifs is 3. The van der Waals surface area contributed by atoms with Crippen molar-refractivity contribution in [2.24, 2.45) is 0 Å². The third kappa shape index (κ3) is 3.11. The van der Waals surface area contributed by atoms with E-state index >= 15 is 0 Å². The van der Waals surface area contributed by atoms with E-state index < -0.39 is 0 Å². The molecule has 2 aromatic carbocycles. The molecule has 1 aliphatic rings. The zero-order valence-electron chi connectivity index (χ0n) is 17.7. The van der Waals surface area contributed by atoms with E-state index in [1.165, 1.54) is 0 Å². The van der Waals surface area contributed by atoms with Gasteiger partial charge in [0.15, 0.2) is 0 Å². The van der Waals surface area contributed by atoms with Crippen molar-refractivity contribution in [1.82, 2.24) is 24.6 Å². The molecule has 2 amide bonds. The van der Waals surface area contributed by atoms with Crippen LogP contribution >= 0.6 is 0 Å². The van der Waals surface area contributed by atoms with E-state index in [4.69, 9.17) is 5.10 Å². The van der Waals surface area contributed by atoms with Crippen LogP contribution in [0.15, 0.2) is 79.0 Å². The van der Waals surface area contributed by atoms with Crippen molar-refractivity contribution in [3.63, 3.8) is 0 Å². The lowest BCUT2D eigenvalue weighted by molar-refractivity contribution is 0.182. The monoisotopic (exact) mass is 411 g/mol. The normalized spacial score (nSPS) is 15.2. The molecule has 0 radical (unpaired) electrons. The van der Waals surface area contributed by atoms with Crippen molar-refractivity contribution in [1.29, 1.82) is 0 Å². The van der Waals surface area contributed by atoms with E-state index in [2.05, 4.69) is 53.3 Å². The minimum atomic E-state index is -0.211. The fourth-order valence-corrected chi connectivity index (χ4v) is 4.48. The molecule has 0 aliphatic carbocycles. The number of hydrogen-bond donors (Lipinski definition) is 1. The maximum absolute atomic E-state index is 13.1. The Labute approximate surface area is 181 Å². The van der Waals surface area contributed by atoms with Crippen LogP contribution in [-0.4, -0.2) is 32.3 Å². The van der Waals surface area contributed by atoms with Gasteiger partial charge in [-0.15, -0.1) is 0 Å². The molecule has 1 N–H and O–H groups in total. The van der Waals surface area contributed by atoms with Gasteiger partial charge in [-0.2, -0.15) is 5.10 Å². The van der Waals surface area contributed by atoms with Gasteiger partial charge in [-0.05, 0) is 36.2 Å². The summed E-state index contributed by atoms with van der Waals surface area (Å²) in [6, 6.07) is 24.2. The van der Waals surface area contributed by atoms with Gasteiger partial charge in [0, 0.05) is 18.8 Å². The molecule has 1 atom stereocenters. The number of carbonyl (C=O) groups excluding carboxylic acids is 1. The molecular weight excluding hydrogens is 386 g/mol. The molecule has 1 aliphatic heterocycles. The number of hydrogen-bond acceptors (Lipinski definition) is 2. The molecule has 6 nitrogen and oxygen atoms in total. The number of para-hydroxylation sites is 1. The minimum absolute atomic E-state index is 0.107. The van der Waals surface area contributed by atoms with Crippen molar-refractivity contribution >= 4 is 6.03 Å². The van der Waals surface area contributed by atoms with Gasteiger partial charge in [0.2, 0.25) is 0 Å². The summed E-state index contributed by atoms with van der Waals surface area (Å²) >= 11 is 0. The predicted octanol–water partition coefficient (Wildman–Crippen LogP) is 4.47. The Balaban J connectivity index is 1.80. The summed E-state index contributed by atoms with van der Waals surface area (Å²) in [5.41, 5.74) is 5.19. The topological polar surface area (TPSA) is 55.1 Å². The van der Waals surface area contributed by atoms with Crippen LogP contribution in [0.2, 0.25) is 0 Å². The molecule has 0 bridgehead atoms. The third-order valence-corrected chi connectivity index (χ3v) is 5.89. The molecule has 0 unspecified atom stereocenters. The maximum Gasteiger partial charge on any atom is 0.318 e. The van der Waals surface area contributed by atoms with Crippen LogP contribution in [0.3, 0.4) is 0 Å². The number of aryl methyl sites for hydroxylation is 1. The van der Waals surface area contributed by atoms with Gasteiger partial charge in [-0.25, -0.2) is 9.48 Å². The first kappa shape index (κ1) is 19.2. The van der Waals surface area contributed by atoms with Crippen molar-refractivity contribution < 1.29 is 4.79 Å². The van der Waals surface area contributed by atoms with Crippen LogP contribution in [0.1, 0.15) is 35.5 Å². The Morgan fingerprint density at radius 1 is 1.03 bits per heavy atom. The van der Waals surface area contributed by atoms with Gasteiger partial charge in [0.25, 0.3) is 0 Å². The molecule has 0 spiro atoms. The van der Waals surface area contributed by atoms with E-state index in [0.29, 0.717) is 6.54 Å². The van der Waals surface area contributed by atoms with E-state index in [1.54, 1.807) is 7.05 Å². The molecular formula is C25H25N5O. The second kappa shape index (κ2) is 7.80. The summed E-state index contributed by atoms with van der Waals surface area (Å²) in [6.45, 7) is 2.59. The van der Waals surface area contributed by atoms with E-state index in [-0.39, 0.29) is 12.1 Å². The summed E-state index contributed by atoms with van der Waals surface area (Å²) in [5.74, 6) is 0.996. The van der Waals surface area contributed by atoms with Gasteiger partial charge in [0.1, 0.15) is 5.82 Å². The van der Waals surface area contributed by atoms with Crippen molar-refractivity contribution in [2.45, 2.75) is 25.9 Å². The number of rotatable bonds is 3. The third-order valence-electron chi connectivity index (χ3n) is 5.89. The molecule has 3 heterocycles. The Kier molecular flexibility index (Phi) is 4.82. The fraction of sp³-hybridized carbons (Fsp3) is 0.200. The standard InChI is InChI=1S/C25H25N5O/c1-3-21-20-17-29(25(31)26-2)23(18-11-6-4-7-12-18)22-15-10-16-28(22)24(20)30(27-21)19-13-8-5-9-14-19/h4-16,23H,3,17H2,1-2H3,(H,26,31)/t23-/m0/s1. The zero-order valence-corrected chi connectivity index (χ0v) is 17.7. The second-order valence-electron chi connectivity index (χ2n) is 7.65. The summed E-state index contributed by atoms with van der Waals surface area (Å²) in [7, 11) is 1.68. The summed E-state index contributed by atoms with van der Waals surface area (Å²) in [5, 5.41) is 7.80. The molecule has 5 rings (SSSR count). The van der Waals surface area contributed by atoms with E-state index in [9.17, 15) is 4.79 Å². The van der Waals surface area contributed by atoms with Gasteiger partial charge in [0.05, 0.1) is 29.7 Å². The summed E-state index contributed by atoms with van der Waals surface area (Å²) in [4.78, 5) is 15.0. The molecule has 0 fully saturated rings. The highest BCUT2D eigenvalue weighted by Crippen LogP contribution is 2.38. The lowest BCUT2D eigenvalue weighted by atomic mass is 10.0. The highest BCUT2D eigenvalue weighted by Gasteiger charge is 2.35. The average Bonchev–Trinajstić information content (AvgIpc) is 3.40. The van der Waals surface area contributed by atoms with E-state index in [0.717, 1.165) is 40.4 Å². The van der Waals surface area contributed by atoms with Gasteiger partial charge < -0.3 is 14.8 Å². The number of nitrogens with one attached hydrogen (secondary N) is 1. The highest BCUT2D eigenvalue weighted by molar-refractivity contribution is 5.75. The number of nitrogens with zero attached hydrogens (tertiary/aromatic N) is 4. The lowest BCUT2D eigenvalue weighted by Gasteiger charge is -2.30.